The van der Waals surface area contributed by atoms with Gasteiger partial charge in [-0.1, -0.05) is 19.1 Å². The summed E-state index contributed by atoms with van der Waals surface area (Å²) in [4.78, 5) is 13.4. The lowest BCUT2D eigenvalue weighted by molar-refractivity contribution is -0.131. The summed E-state index contributed by atoms with van der Waals surface area (Å²) in [7, 11) is 1.72. The molecule has 1 aromatic rings. The highest BCUT2D eigenvalue weighted by Crippen LogP contribution is 2.07. The maximum atomic E-state index is 11.8. The van der Waals surface area contributed by atoms with Gasteiger partial charge < -0.3 is 10.6 Å². The van der Waals surface area contributed by atoms with Gasteiger partial charge in [0, 0.05) is 13.6 Å². The van der Waals surface area contributed by atoms with Gasteiger partial charge in [-0.15, -0.1) is 0 Å². The Hall–Kier alpha value is -1.86. The van der Waals surface area contributed by atoms with Crippen molar-refractivity contribution in [1.82, 2.24) is 4.90 Å². The normalized spacial score (nSPS) is 11.6. The number of nitriles is 1. The fourth-order valence-corrected chi connectivity index (χ4v) is 1.55. The van der Waals surface area contributed by atoms with Gasteiger partial charge >= 0.3 is 0 Å². The van der Waals surface area contributed by atoms with Gasteiger partial charge in [0.25, 0.3) is 0 Å². The van der Waals surface area contributed by atoms with Gasteiger partial charge in [-0.3, -0.25) is 4.79 Å². The zero-order valence-corrected chi connectivity index (χ0v) is 10.2. The Kier molecular flexibility index (Phi) is 4.68. The summed E-state index contributed by atoms with van der Waals surface area (Å²) in [5.74, 6) is -0.0742. The maximum Gasteiger partial charge on any atom is 0.239 e. The van der Waals surface area contributed by atoms with Crippen LogP contribution in [0.1, 0.15) is 24.5 Å². The lowest BCUT2D eigenvalue weighted by atomic mass is 10.1. The molecule has 0 saturated heterocycles. The van der Waals surface area contributed by atoms with E-state index in [1.54, 1.807) is 24.1 Å². The van der Waals surface area contributed by atoms with Crippen molar-refractivity contribution in [2.45, 2.75) is 25.9 Å². The molecule has 0 spiro atoms. The lowest BCUT2D eigenvalue weighted by Crippen LogP contribution is -2.40. The van der Waals surface area contributed by atoms with E-state index in [1.807, 2.05) is 19.1 Å². The first kappa shape index (κ1) is 13.2. The molecule has 1 unspecified atom stereocenters. The van der Waals surface area contributed by atoms with Crippen molar-refractivity contribution < 1.29 is 4.79 Å². The molecular formula is C13H17N3O. The van der Waals surface area contributed by atoms with E-state index in [9.17, 15) is 4.79 Å². The number of amides is 1. The third-order valence-corrected chi connectivity index (χ3v) is 2.61. The van der Waals surface area contributed by atoms with E-state index in [4.69, 9.17) is 11.0 Å². The summed E-state index contributed by atoms with van der Waals surface area (Å²) in [6.45, 7) is 2.36. The van der Waals surface area contributed by atoms with Crippen molar-refractivity contribution in [2.24, 2.45) is 5.73 Å². The molecular weight excluding hydrogens is 214 g/mol. The van der Waals surface area contributed by atoms with E-state index in [-0.39, 0.29) is 5.91 Å². The summed E-state index contributed by atoms with van der Waals surface area (Å²) in [5, 5.41) is 8.78. The quantitative estimate of drug-likeness (QED) is 0.847. The van der Waals surface area contributed by atoms with Crippen LogP contribution >= 0.6 is 0 Å². The predicted molar refractivity (Wildman–Crippen MR) is 65.9 cm³/mol. The Morgan fingerprint density at radius 3 is 2.88 bits per heavy atom. The fraction of sp³-hybridized carbons (Fsp3) is 0.385. The van der Waals surface area contributed by atoms with Gasteiger partial charge in [0.15, 0.2) is 0 Å². The molecule has 0 heterocycles. The van der Waals surface area contributed by atoms with Crippen LogP contribution in [0.5, 0.6) is 0 Å². The van der Waals surface area contributed by atoms with E-state index >= 15 is 0 Å². The minimum Gasteiger partial charge on any atom is -0.340 e. The van der Waals surface area contributed by atoms with Crippen molar-refractivity contribution in [2.75, 3.05) is 7.05 Å². The number of carbonyl (C=O) groups is 1. The highest BCUT2D eigenvalue weighted by atomic mass is 16.2. The van der Waals surface area contributed by atoms with Gasteiger partial charge in [-0.05, 0) is 24.1 Å². The summed E-state index contributed by atoms with van der Waals surface area (Å²) in [5.41, 5.74) is 7.22. The highest BCUT2D eigenvalue weighted by molar-refractivity contribution is 5.81. The van der Waals surface area contributed by atoms with Crippen LogP contribution in [0.25, 0.3) is 0 Å². The van der Waals surface area contributed by atoms with Crippen molar-refractivity contribution in [3.63, 3.8) is 0 Å². The Balaban J connectivity index is 2.71. The Labute approximate surface area is 102 Å². The van der Waals surface area contributed by atoms with Crippen LogP contribution in [0.15, 0.2) is 24.3 Å². The van der Waals surface area contributed by atoms with Crippen molar-refractivity contribution in [3.8, 4) is 6.07 Å². The van der Waals surface area contributed by atoms with E-state index in [0.29, 0.717) is 18.5 Å². The third-order valence-electron chi connectivity index (χ3n) is 2.61. The highest BCUT2D eigenvalue weighted by Gasteiger charge is 2.16. The average Bonchev–Trinajstić information content (AvgIpc) is 2.37. The molecule has 0 saturated carbocycles. The first-order valence-electron chi connectivity index (χ1n) is 5.58. The SMILES string of the molecule is CCC(N)C(=O)N(C)Cc1cccc(C#N)c1. The number of likely N-dealkylation sites (N-methyl/N-ethyl adjacent to an activating group) is 1. The Morgan fingerprint density at radius 1 is 1.59 bits per heavy atom. The molecule has 0 bridgehead atoms. The standard InChI is InChI=1S/C13H17N3O/c1-3-12(15)13(17)16(2)9-11-6-4-5-10(7-11)8-14/h4-7,12H,3,9,15H2,1-2H3. The number of rotatable bonds is 4. The van der Waals surface area contributed by atoms with E-state index in [1.165, 1.54) is 0 Å². The molecule has 1 amide bonds. The predicted octanol–water partition coefficient (Wildman–Crippen LogP) is 1.25. The van der Waals surface area contributed by atoms with Crippen LogP contribution in [0.2, 0.25) is 0 Å². The minimum absolute atomic E-state index is 0.0742. The van der Waals surface area contributed by atoms with Crippen molar-refractivity contribution in [1.29, 1.82) is 5.26 Å². The first-order valence-corrected chi connectivity index (χ1v) is 5.58. The van der Waals surface area contributed by atoms with E-state index in [2.05, 4.69) is 6.07 Å². The molecule has 17 heavy (non-hydrogen) atoms. The molecule has 0 radical (unpaired) electrons. The average molecular weight is 231 g/mol. The van der Waals surface area contributed by atoms with Gasteiger partial charge in [0.2, 0.25) is 5.91 Å². The number of carbonyl (C=O) groups excluding carboxylic acids is 1. The molecule has 0 aliphatic heterocycles. The second-order valence-corrected chi connectivity index (χ2v) is 4.02. The number of hydrogen-bond donors (Lipinski definition) is 1. The summed E-state index contributed by atoms with van der Waals surface area (Å²) in [6.07, 6.45) is 0.626. The van der Waals surface area contributed by atoms with Crippen LogP contribution in [0, 0.1) is 11.3 Å². The van der Waals surface area contributed by atoms with Crippen LogP contribution < -0.4 is 5.73 Å². The van der Waals surface area contributed by atoms with Crippen molar-refractivity contribution in [3.05, 3.63) is 35.4 Å². The second kappa shape index (κ2) is 6.02. The number of nitrogens with two attached hydrogens (primary N) is 1. The summed E-state index contributed by atoms with van der Waals surface area (Å²) < 4.78 is 0. The Bertz CT molecular complexity index is 437. The molecule has 0 aliphatic rings. The fourth-order valence-electron chi connectivity index (χ4n) is 1.55. The minimum atomic E-state index is -0.445. The molecule has 4 nitrogen and oxygen atoms in total. The molecule has 0 fully saturated rings. The number of benzene rings is 1. The van der Waals surface area contributed by atoms with Crippen LogP contribution in [-0.4, -0.2) is 23.9 Å². The molecule has 0 aliphatic carbocycles. The first-order chi connectivity index (χ1) is 8.08. The molecule has 2 N–H and O–H groups in total. The monoisotopic (exact) mass is 231 g/mol. The summed E-state index contributed by atoms with van der Waals surface area (Å²) >= 11 is 0. The Morgan fingerprint density at radius 2 is 2.29 bits per heavy atom. The molecule has 90 valence electrons. The van der Waals surface area contributed by atoms with Gasteiger partial charge in [0.05, 0.1) is 17.7 Å². The van der Waals surface area contributed by atoms with E-state index in [0.717, 1.165) is 5.56 Å². The number of hydrogen-bond acceptors (Lipinski definition) is 3. The van der Waals surface area contributed by atoms with Crippen LogP contribution in [0.4, 0.5) is 0 Å². The van der Waals surface area contributed by atoms with Gasteiger partial charge in [0.1, 0.15) is 0 Å². The zero-order valence-electron chi connectivity index (χ0n) is 10.2. The lowest BCUT2D eigenvalue weighted by Gasteiger charge is -2.20. The van der Waals surface area contributed by atoms with Crippen molar-refractivity contribution >= 4 is 5.91 Å². The van der Waals surface area contributed by atoms with Gasteiger partial charge in [-0.25, -0.2) is 0 Å². The third kappa shape index (κ3) is 3.58. The van der Waals surface area contributed by atoms with Gasteiger partial charge in [-0.2, -0.15) is 5.26 Å². The van der Waals surface area contributed by atoms with Crippen LogP contribution in [0.3, 0.4) is 0 Å². The topological polar surface area (TPSA) is 70.1 Å². The van der Waals surface area contributed by atoms with E-state index < -0.39 is 6.04 Å². The molecule has 1 rings (SSSR count). The molecule has 1 aromatic carbocycles. The number of nitrogens with zero attached hydrogens (tertiary/aromatic N) is 2. The second-order valence-electron chi connectivity index (χ2n) is 4.02. The maximum absolute atomic E-state index is 11.8. The largest absolute Gasteiger partial charge is 0.340 e. The smallest absolute Gasteiger partial charge is 0.239 e. The molecule has 1 atom stereocenters. The summed E-state index contributed by atoms with van der Waals surface area (Å²) in [6, 6.07) is 8.85. The zero-order chi connectivity index (χ0) is 12.8. The molecule has 0 aromatic heterocycles. The van der Waals surface area contributed by atoms with Crippen LogP contribution in [-0.2, 0) is 11.3 Å². The molecule has 4 heteroatoms.